The molecule has 1 saturated heterocycles. The maximum atomic E-state index is 12.7. The Balaban J connectivity index is 1.88. The average molecular weight is 335 g/mol. The van der Waals surface area contributed by atoms with Crippen LogP contribution in [0, 0.1) is 0 Å². The van der Waals surface area contributed by atoms with Crippen LogP contribution in [0.4, 0.5) is 0 Å². The summed E-state index contributed by atoms with van der Waals surface area (Å²) in [6, 6.07) is 7.49. The molecule has 122 valence electrons. The average Bonchev–Trinajstić information content (AvgIpc) is 3.22. The minimum absolute atomic E-state index is 0.0318. The molecule has 1 atom stereocenters. The van der Waals surface area contributed by atoms with E-state index in [1.807, 2.05) is 23.1 Å². The SMILES string of the molecule is COc1ccc([C@H]2CCCN2C(=O)c2cc(Cl)c[nH]2)cc1OC. The van der Waals surface area contributed by atoms with Crippen molar-refractivity contribution in [2.45, 2.75) is 18.9 Å². The van der Waals surface area contributed by atoms with Crippen LogP contribution in [0.15, 0.2) is 30.5 Å². The molecule has 0 aliphatic carbocycles. The molecule has 2 aromatic rings. The van der Waals surface area contributed by atoms with Gasteiger partial charge in [0.2, 0.25) is 0 Å². The zero-order valence-corrected chi connectivity index (χ0v) is 13.9. The molecule has 0 radical (unpaired) electrons. The van der Waals surface area contributed by atoms with Crippen LogP contribution >= 0.6 is 11.6 Å². The summed E-state index contributed by atoms with van der Waals surface area (Å²) in [5.74, 6) is 1.32. The second-order valence-electron chi connectivity index (χ2n) is 5.50. The van der Waals surface area contributed by atoms with Crippen LogP contribution in [0.25, 0.3) is 0 Å². The number of carbonyl (C=O) groups is 1. The summed E-state index contributed by atoms with van der Waals surface area (Å²) in [6.07, 6.45) is 3.52. The van der Waals surface area contributed by atoms with E-state index in [1.165, 1.54) is 0 Å². The second-order valence-corrected chi connectivity index (χ2v) is 5.94. The normalized spacial score (nSPS) is 17.3. The molecule has 1 aromatic heterocycles. The number of hydrogen-bond acceptors (Lipinski definition) is 3. The van der Waals surface area contributed by atoms with Crippen LogP contribution in [0.5, 0.6) is 11.5 Å². The van der Waals surface area contributed by atoms with Crippen LogP contribution in [-0.2, 0) is 0 Å². The van der Waals surface area contributed by atoms with E-state index < -0.39 is 0 Å². The van der Waals surface area contributed by atoms with Crippen molar-refractivity contribution in [1.29, 1.82) is 0 Å². The zero-order valence-electron chi connectivity index (χ0n) is 13.1. The fraction of sp³-hybridized carbons (Fsp3) is 0.353. The molecule has 1 N–H and O–H groups in total. The number of ether oxygens (including phenoxy) is 2. The predicted molar refractivity (Wildman–Crippen MR) is 88.4 cm³/mol. The molecule has 0 saturated carbocycles. The highest BCUT2D eigenvalue weighted by Crippen LogP contribution is 2.37. The highest BCUT2D eigenvalue weighted by atomic mass is 35.5. The van der Waals surface area contributed by atoms with Gasteiger partial charge < -0.3 is 19.4 Å². The number of nitrogens with zero attached hydrogens (tertiary/aromatic N) is 1. The van der Waals surface area contributed by atoms with Crippen molar-refractivity contribution >= 4 is 17.5 Å². The van der Waals surface area contributed by atoms with Gasteiger partial charge >= 0.3 is 0 Å². The molecule has 2 heterocycles. The standard InChI is InChI=1S/C17H19ClN2O3/c1-22-15-6-5-11(8-16(15)23-2)14-4-3-7-20(14)17(21)13-9-12(18)10-19-13/h5-6,8-10,14,19H,3-4,7H2,1-2H3/t14-/m1/s1. The van der Waals surface area contributed by atoms with Crippen molar-refractivity contribution in [2.24, 2.45) is 0 Å². The molecule has 5 nitrogen and oxygen atoms in total. The van der Waals surface area contributed by atoms with Gasteiger partial charge in [-0.1, -0.05) is 17.7 Å². The lowest BCUT2D eigenvalue weighted by atomic mass is 10.0. The van der Waals surface area contributed by atoms with Crippen molar-refractivity contribution in [2.75, 3.05) is 20.8 Å². The number of aromatic nitrogens is 1. The summed E-state index contributed by atoms with van der Waals surface area (Å²) in [6.45, 7) is 0.731. The van der Waals surface area contributed by atoms with E-state index in [4.69, 9.17) is 21.1 Å². The number of hydrogen-bond donors (Lipinski definition) is 1. The largest absolute Gasteiger partial charge is 0.493 e. The quantitative estimate of drug-likeness (QED) is 0.928. The topological polar surface area (TPSA) is 54.6 Å². The summed E-state index contributed by atoms with van der Waals surface area (Å²) in [5, 5.41) is 0.537. The lowest BCUT2D eigenvalue weighted by Gasteiger charge is -2.25. The van der Waals surface area contributed by atoms with Gasteiger partial charge in [0.05, 0.1) is 25.3 Å². The fourth-order valence-corrected chi connectivity index (χ4v) is 3.23. The molecule has 3 rings (SSSR count). The van der Waals surface area contributed by atoms with Gasteiger partial charge in [0.1, 0.15) is 5.69 Å². The van der Waals surface area contributed by atoms with Gasteiger partial charge in [-0.3, -0.25) is 4.79 Å². The van der Waals surface area contributed by atoms with Gasteiger partial charge in [-0.15, -0.1) is 0 Å². The van der Waals surface area contributed by atoms with Crippen molar-refractivity contribution in [3.8, 4) is 11.5 Å². The second kappa shape index (κ2) is 6.54. The number of carbonyl (C=O) groups excluding carboxylic acids is 1. The minimum Gasteiger partial charge on any atom is -0.493 e. The first kappa shape index (κ1) is 15.7. The smallest absolute Gasteiger partial charge is 0.270 e. The number of nitrogens with one attached hydrogen (secondary N) is 1. The van der Waals surface area contributed by atoms with Crippen LogP contribution in [0.3, 0.4) is 0 Å². The highest BCUT2D eigenvalue weighted by molar-refractivity contribution is 6.30. The predicted octanol–water partition coefficient (Wildman–Crippen LogP) is 3.66. The lowest BCUT2D eigenvalue weighted by molar-refractivity contribution is 0.0730. The van der Waals surface area contributed by atoms with Crippen LogP contribution < -0.4 is 9.47 Å². The fourth-order valence-electron chi connectivity index (χ4n) is 3.06. The Morgan fingerprint density at radius 1 is 1.26 bits per heavy atom. The molecule has 1 aromatic carbocycles. The number of benzene rings is 1. The van der Waals surface area contributed by atoms with E-state index in [1.54, 1.807) is 26.5 Å². The first-order valence-electron chi connectivity index (χ1n) is 7.51. The van der Waals surface area contributed by atoms with Gasteiger partial charge in [0.15, 0.2) is 11.5 Å². The van der Waals surface area contributed by atoms with Gasteiger partial charge in [-0.25, -0.2) is 0 Å². The van der Waals surface area contributed by atoms with Crippen molar-refractivity contribution in [1.82, 2.24) is 9.88 Å². The van der Waals surface area contributed by atoms with E-state index in [0.717, 1.165) is 24.9 Å². The molecule has 1 aliphatic heterocycles. The summed E-state index contributed by atoms with van der Waals surface area (Å²) in [4.78, 5) is 17.5. The van der Waals surface area contributed by atoms with Gasteiger partial charge in [0.25, 0.3) is 5.91 Å². The van der Waals surface area contributed by atoms with Crippen LogP contribution in [0.1, 0.15) is 34.9 Å². The monoisotopic (exact) mass is 334 g/mol. The number of amides is 1. The highest BCUT2D eigenvalue weighted by Gasteiger charge is 2.31. The third kappa shape index (κ3) is 3.01. The molecular formula is C17H19ClN2O3. The Labute approximate surface area is 140 Å². The Morgan fingerprint density at radius 2 is 2.04 bits per heavy atom. The molecule has 1 amide bonds. The summed E-state index contributed by atoms with van der Waals surface area (Å²) in [5.41, 5.74) is 1.56. The molecule has 1 aliphatic rings. The van der Waals surface area contributed by atoms with Gasteiger partial charge in [0, 0.05) is 12.7 Å². The third-order valence-corrected chi connectivity index (χ3v) is 4.40. The Morgan fingerprint density at radius 3 is 2.70 bits per heavy atom. The lowest BCUT2D eigenvalue weighted by Crippen LogP contribution is -2.30. The van der Waals surface area contributed by atoms with E-state index in [-0.39, 0.29) is 11.9 Å². The molecule has 1 fully saturated rings. The number of H-pyrrole nitrogens is 1. The number of methoxy groups -OCH3 is 2. The molecular weight excluding hydrogens is 316 g/mol. The van der Waals surface area contributed by atoms with E-state index in [9.17, 15) is 4.79 Å². The van der Waals surface area contributed by atoms with Crippen molar-refractivity contribution in [3.05, 3.63) is 46.7 Å². The molecule has 6 heteroatoms. The Bertz CT molecular complexity index is 714. The molecule has 0 bridgehead atoms. The minimum atomic E-state index is -0.0332. The Kier molecular flexibility index (Phi) is 4.48. The van der Waals surface area contributed by atoms with Crippen molar-refractivity contribution in [3.63, 3.8) is 0 Å². The first-order valence-corrected chi connectivity index (χ1v) is 7.88. The van der Waals surface area contributed by atoms with Gasteiger partial charge in [-0.2, -0.15) is 0 Å². The molecule has 0 spiro atoms. The summed E-state index contributed by atoms with van der Waals surface area (Å²) < 4.78 is 10.6. The van der Waals surface area contributed by atoms with Crippen LogP contribution in [0.2, 0.25) is 5.02 Å². The van der Waals surface area contributed by atoms with E-state index >= 15 is 0 Å². The molecule has 0 unspecified atom stereocenters. The maximum absolute atomic E-state index is 12.7. The third-order valence-electron chi connectivity index (χ3n) is 4.18. The molecule has 23 heavy (non-hydrogen) atoms. The van der Waals surface area contributed by atoms with Gasteiger partial charge in [-0.05, 0) is 36.6 Å². The summed E-state index contributed by atoms with van der Waals surface area (Å²) in [7, 11) is 3.22. The first-order chi connectivity index (χ1) is 11.1. The Hall–Kier alpha value is -2.14. The zero-order chi connectivity index (χ0) is 16.4. The number of halogens is 1. The maximum Gasteiger partial charge on any atom is 0.270 e. The number of rotatable bonds is 4. The number of aromatic amines is 1. The van der Waals surface area contributed by atoms with E-state index in [2.05, 4.69) is 4.98 Å². The van der Waals surface area contributed by atoms with Crippen molar-refractivity contribution < 1.29 is 14.3 Å². The number of likely N-dealkylation sites (tertiary alicyclic amines) is 1. The van der Waals surface area contributed by atoms with Crippen LogP contribution in [-0.4, -0.2) is 36.6 Å². The van der Waals surface area contributed by atoms with E-state index in [0.29, 0.717) is 22.2 Å². The summed E-state index contributed by atoms with van der Waals surface area (Å²) >= 11 is 5.91.